The summed E-state index contributed by atoms with van der Waals surface area (Å²) in [5, 5.41) is 3.65. The van der Waals surface area contributed by atoms with E-state index in [9.17, 15) is 0 Å². The van der Waals surface area contributed by atoms with Crippen LogP contribution in [0.1, 0.15) is 53.4 Å². The van der Waals surface area contributed by atoms with Crippen LogP contribution in [0, 0.1) is 11.8 Å². The molecule has 2 nitrogen and oxygen atoms in total. The smallest absolute Gasteiger partial charge is 0.0247 e. The van der Waals surface area contributed by atoms with Crippen LogP contribution in [-0.2, 0) is 0 Å². The Bertz CT molecular complexity index is 233. The summed E-state index contributed by atoms with van der Waals surface area (Å²) in [6, 6.07) is 2.19. The molecular formula is C15H30N2. The lowest BCUT2D eigenvalue weighted by molar-refractivity contribution is 0.0414. The summed E-state index contributed by atoms with van der Waals surface area (Å²) in [7, 11) is 0. The van der Waals surface area contributed by atoms with Gasteiger partial charge in [-0.25, -0.2) is 0 Å². The van der Waals surface area contributed by atoms with Crippen LogP contribution in [0.15, 0.2) is 0 Å². The van der Waals surface area contributed by atoms with E-state index in [-0.39, 0.29) is 0 Å². The Morgan fingerprint density at radius 2 is 1.76 bits per heavy atom. The highest BCUT2D eigenvalue weighted by Crippen LogP contribution is 2.32. The van der Waals surface area contributed by atoms with Crippen molar-refractivity contribution in [3.05, 3.63) is 0 Å². The molecule has 1 saturated carbocycles. The van der Waals surface area contributed by atoms with Crippen molar-refractivity contribution < 1.29 is 0 Å². The molecule has 0 aromatic rings. The predicted molar refractivity (Wildman–Crippen MR) is 74.2 cm³/mol. The Labute approximate surface area is 107 Å². The molecule has 1 aliphatic heterocycles. The third-order valence-corrected chi connectivity index (χ3v) is 4.96. The second-order valence-corrected chi connectivity index (χ2v) is 6.60. The molecule has 0 aromatic carbocycles. The molecule has 2 aliphatic rings. The molecule has 0 radical (unpaired) electrons. The van der Waals surface area contributed by atoms with Gasteiger partial charge in [0.15, 0.2) is 0 Å². The first-order valence-corrected chi connectivity index (χ1v) is 7.58. The van der Waals surface area contributed by atoms with E-state index in [2.05, 4.69) is 37.9 Å². The number of nitrogens with zero attached hydrogens (tertiary/aromatic N) is 1. The fraction of sp³-hybridized carbons (Fsp3) is 1.00. The number of nitrogens with one attached hydrogen (secondary N) is 1. The van der Waals surface area contributed by atoms with E-state index < -0.39 is 0 Å². The van der Waals surface area contributed by atoms with Gasteiger partial charge in [-0.05, 0) is 38.5 Å². The Kier molecular flexibility index (Phi) is 4.48. The highest BCUT2D eigenvalue weighted by atomic mass is 15.3. The summed E-state index contributed by atoms with van der Waals surface area (Å²) in [4.78, 5) is 2.81. The van der Waals surface area contributed by atoms with Gasteiger partial charge in [0.1, 0.15) is 0 Å². The van der Waals surface area contributed by atoms with Crippen LogP contribution >= 0.6 is 0 Å². The van der Waals surface area contributed by atoms with Gasteiger partial charge in [0.2, 0.25) is 0 Å². The molecule has 2 heteroatoms. The van der Waals surface area contributed by atoms with Crippen LogP contribution in [0.2, 0.25) is 0 Å². The van der Waals surface area contributed by atoms with Crippen molar-refractivity contribution in [1.82, 2.24) is 10.2 Å². The van der Waals surface area contributed by atoms with Crippen molar-refractivity contribution >= 4 is 0 Å². The highest BCUT2D eigenvalue weighted by molar-refractivity contribution is 4.91. The Balaban J connectivity index is 2.02. The monoisotopic (exact) mass is 238 g/mol. The molecule has 1 aliphatic carbocycles. The molecule has 2 fully saturated rings. The Morgan fingerprint density at radius 3 is 2.35 bits per heavy atom. The van der Waals surface area contributed by atoms with Crippen LogP contribution < -0.4 is 5.32 Å². The minimum absolute atomic E-state index is 0.661. The molecule has 100 valence electrons. The highest BCUT2D eigenvalue weighted by Gasteiger charge is 2.35. The van der Waals surface area contributed by atoms with Gasteiger partial charge >= 0.3 is 0 Å². The van der Waals surface area contributed by atoms with Gasteiger partial charge < -0.3 is 5.32 Å². The first-order valence-electron chi connectivity index (χ1n) is 7.58. The van der Waals surface area contributed by atoms with E-state index in [0.717, 1.165) is 23.9 Å². The zero-order chi connectivity index (χ0) is 12.4. The molecule has 17 heavy (non-hydrogen) atoms. The van der Waals surface area contributed by atoms with Gasteiger partial charge in [-0.1, -0.05) is 26.7 Å². The normalized spacial score (nSPS) is 34.4. The van der Waals surface area contributed by atoms with Gasteiger partial charge in [-0.2, -0.15) is 0 Å². The van der Waals surface area contributed by atoms with Crippen molar-refractivity contribution in [3.63, 3.8) is 0 Å². The molecule has 0 aromatic heterocycles. The first kappa shape index (κ1) is 13.4. The quantitative estimate of drug-likeness (QED) is 0.813. The topological polar surface area (TPSA) is 15.3 Å². The molecule has 3 atom stereocenters. The molecule has 2 rings (SSSR count). The van der Waals surface area contributed by atoms with Crippen molar-refractivity contribution in [2.24, 2.45) is 11.8 Å². The van der Waals surface area contributed by atoms with Crippen LogP contribution in [0.25, 0.3) is 0 Å². The van der Waals surface area contributed by atoms with Gasteiger partial charge in [0.25, 0.3) is 0 Å². The average molecular weight is 238 g/mol. The summed E-state index contributed by atoms with van der Waals surface area (Å²) < 4.78 is 0. The summed E-state index contributed by atoms with van der Waals surface area (Å²) in [5.41, 5.74) is 0. The van der Waals surface area contributed by atoms with Gasteiger partial charge in [0.05, 0.1) is 0 Å². The number of rotatable bonds is 3. The molecule has 1 heterocycles. The van der Waals surface area contributed by atoms with E-state index in [4.69, 9.17) is 0 Å². The lowest BCUT2D eigenvalue weighted by atomic mass is 9.91. The maximum Gasteiger partial charge on any atom is 0.0247 e. The number of hydrogen-bond donors (Lipinski definition) is 1. The van der Waals surface area contributed by atoms with Crippen LogP contribution in [-0.4, -0.2) is 36.1 Å². The van der Waals surface area contributed by atoms with E-state index in [1.165, 1.54) is 38.8 Å². The average Bonchev–Trinajstić information content (AvgIpc) is 2.80. The standard InChI is InChI=1S/C15H30N2/c1-11(2)15-9-16-12(3)10-17(15)13(4)14-7-5-6-8-14/h11-16H,5-10H2,1-4H3. The summed E-state index contributed by atoms with van der Waals surface area (Å²) in [6.45, 7) is 12.0. The Morgan fingerprint density at radius 1 is 1.12 bits per heavy atom. The lowest BCUT2D eigenvalue weighted by Crippen LogP contribution is -2.60. The minimum atomic E-state index is 0.661. The van der Waals surface area contributed by atoms with Gasteiger partial charge in [-0.15, -0.1) is 0 Å². The molecular weight excluding hydrogens is 208 g/mol. The zero-order valence-electron chi connectivity index (χ0n) is 12.1. The first-order chi connectivity index (χ1) is 8.09. The molecule has 0 bridgehead atoms. The van der Waals surface area contributed by atoms with E-state index in [1.807, 2.05) is 0 Å². The van der Waals surface area contributed by atoms with Gasteiger partial charge in [0, 0.05) is 31.2 Å². The summed E-state index contributed by atoms with van der Waals surface area (Å²) >= 11 is 0. The van der Waals surface area contributed by atoms with Crippen molar-refractivity contribution in [1.29, 1.82) is 0 Å². The number of hydrogen-bond acceptors (Lipinski definition) is 2. The Hall–Kier alpha value is -0.0800. The van der Waals surface area contributed by atoms with E-state index in [0.29, 0.717) is 6.04 Å². The van der Waals surface area contributed by atoms with Crippen molar-refractivity contribution in [3.8, 4) is 0 Å². The third-order valence-electron chi connectivity index (χ3n) is 4.96. The maximum absolute atomic E-state index is 3.65. The van der Waals surface area contributed by atoms with E-state index >= 15 is 0 Å². The van der Waals surface area contributed by atoms with Crippen LogP contribution in [0.4, 0.5) is 0 Å². The fourth-order valence-corrected chi connectivity index (χ4v) is 3.75. The second kappa shape index (κ2) is 5.71. The van der Waals surface area contributed by atoms with E-state index in [1.54, 1.807) is 0 Å². The summed E-state index contributed by atoms with van der Waals surface area (Å²) in [5.74, 6) is 1.72. The lowest BCUT2D eigenvalue weighted by Gasteiger charge is -2.46. The molecule has 0 spiro atoms. The zero-order valence-corrected chi connectivity index (χ0v) is 12.1. The van der Waals surface area contributed by atoms with Crippen LogP contribution in [0.5, 0.6) is 0 Å². The molecule has 0 amide bonds. The van der Waals surface area contributed by atoms with Crippen LogP contribution in [0.3, 0.4) is 0 Å². The van der Waals surface area contributed by atoms with Crippen molar-refractivity contribution in [2.75, 3.05) is 13.1 Å². The fourth-order valence-electron chi connectivity index (χ4n) is 3.75. The van der Waals surface area contributed by atoms with Gasteiger partial charge in [-0.3, -0.25) is 4.90 Å². The second-order valence-electron chi connectivity index (χ2n) is 6.60. The molecule has 1 saturated heterocycles. The maximum atomic E-state index is 3.65. The van der Waals surface area contributed by atoms with Crippen molar-refractivity contribution in [2.45, 2.75) is 71.5 Å². The molecule has 1 N–H and O–H groups in total. The minimum Gasteiger partial charge on any atom is -0.311 e. The SMILES string of the molecule is CC1CN(C(C)C2CCCC2)C(C(C)C)CN1. The third kappa shape index (κ3) is 3.03. The molecule has 3 unspecified atom stereocenters. The number of piperazine rings is 1. The summed E-state index contributed by atoms with van der Waals surface area (Å²) in [6.07, 6.45) is 5.85. The largest absolute Gasteiger partial charge is 0.311 e. The predicted octanol–water partition coefficient (Wildman–Crippen LogP) is 2.88.